The van der Waals surface area contributed by atoms with Gasteiger partial charge in [0, 0.05) is 12.2 Å². The van der Waals surface area contributed by atoms with E-state index < -0.39 is 10.0 Å². The Morgan fingerprint density at radius 3 is 2.46 bits per heavy atom. The second kappa shape index (κ2) is 8.23. The van der Waals surface area contributed by atoms with E-state index in [2.05, 4.69) is 29.7 Å². The molecule has 7 heteroatoms. The van der Waals surface area contributed by atoms with Crippen LogP contribution in [0.15, 0.2) is 53.4 Å². The number of rotatable bonds is 6. The maximum Gasteiger partial charge on any atom is 0.238 e. The van der Waals surface area contributed by atoms with E-state index in [1.807, 2.05) is 12.1 Å². The quantitative estimate of drug-likeness (QED) is 0.687. The maximum absolute atomic E-state index is 11.2. The molecule has 0 fully saturated rings. The Bertz CT molecular complexity index is 803. The average molecular weight is 364 g/mol. The highest BCUT2D eigenvalue weighted by molar-refractivity contribution is 7.89. The van der Waals surface area contributed by atoms with Gasteiger partial charge in [0.15, 0.2) is 5.11 Å². The normalized spacial score (nSPS) is 11.1. The minimum atomic E-state index is -3.64. The fraction of sp³-hybridized carbons (Fsp3) is 0.235. The van der Waals surface area contributed by atoms with Gasteiger partial charge in [-0.3, -0.25) is 0 Å². The van der Waals surface area contributed by atoms with Crippen LogP contribution in [0.1, 0.15) is 18.1 Å². The Morgan fingerprint density at radius 2 is 1.83 bits per heavy atom. The van der Waals surface area contributed by atoms with Crippen LogP contribution in [-0.2, 0) is 22.9 Å². The predicted octanol–water partition coefficient (Wildman–Crippen LogP) is 2.43. The molecule has 2 rings (SSSR count). The summed E-state index contributed by atoms with van der Waals surface area (Å²) in [5.41, 5.74) is 3.22. The van der Waals surface area contributed by atoms with Gasteiger partial charge in [-0.2, -0.15) is 0 Å². The third kappa shape index (κ3) is 5.59. The lowest BCUT2D eigenvalue weighted by Gasteiger charge is -2.11. The van der Waals surface area contributed by atoms with Crippen LogP contribution in [0.3, 0.4) is 0 Å². The highest BCUT2D eigenvalue weighted by atomic mass is 32.2. The molecule has 0 unspecified atom stereocenters. The number of aryl methyl sites for hydroxylation is 1. The molecule has 0 heterocycles. The van der Waals surface area contributed by atoms with E-state index in [0.717, 1.165) is 24.1 Å². The van der Waals surface area contributed by atoms with Crippen molar-refractivity contribution in [3.05, 3.63) is 59.7 Å². The van der Waals surface area contributed by atoms with Crippen molar-refractivity contribution in [3.63, 3.8) is 0 Å². The molecule has 128 valence electrons. The lowest BCUT2D eigenvalue weighted by Crippen LogP contribution is -2.30. The van der Waals surface area contributed by atoms with Gasteiger partial charge < -0.3 is 10.6 Å². The van der Waals surface area contributed by atoms with Crippen LogP contribution in [0.2, 0.25) is 0 Å². The average Bonchev–Trinajstić information content (AvgIpc) is 2.54. The highest BCUT2D eigenvalue weighted by Gasteiger charge is 2.06. The van der Waals surface area contributed by atoms with Gasteiger partial charge in [-0.1, -0.05) is 31.2 Å². The molecule has 0 aliphatic carbocycles. The molecule has 0 amide bonds. The van der Waals surface area contributed by atoms with E-state index in [-0.39, 0.29) is 4.90 Å². The Balaban J connectivity index is 1.82. The summed E-state index contributed by atoms with van der Waals surface area (Å²) in [6.07, 6.45) is 1.70. The van der Waals surface area contributed by atoms with Crippen LogP contribution in [-0.4, -0.2) is 20.1 Å². The van der Waals surface area contributed by atoms with Crippen molar-refractivity contribution < 1.29 is 8.42 Å². The van der Waals surface area contributed by atoms with Crippen molar-refractivity contribution in [3.8, 4) is 0 Å². The number of primary sulfonamides is 1. The Kier molecular flexibility index (Phi) is 6.30. The Hall–Kier alpha value is -1.96. The zero-order valence-corrected chi connectivity index (χ0v) is 15.1. The summed E-state index contributed by atoms with van der Waals surface area (Å²) in [5, 5.41) is 11.9. The zero-order valence-electron chi connectivity index (χ0n) is 13.5. The van der Waals surface area contributed by atoms with Crippen LogP contribution in [0.5, 0.6) is 0 Å². The van der Waals surface area contributed by atoms with E-state index in [1.54, 1.807) is 12.1 Å². The fourth-order valence-corrected chi connectivity index (χ4v) is 2.95. The van der Waals surface area contributed by atoms with Crippen molar-refractivity contribution in [1.82, 2.24) is 5.32 Å². The first-order valence-corrected chi connectivity index (χ1v) is 9.59. The second-order valence-corrected chi connectivity index (χ2v) is 7.34. The van der Waals surface area contributed by atoms with Gasteiger partial charge >= 0.3 is 0 Å². The molecule has 0 aliphatic heterocycles. The minimum Gasteiger partial charge on any atom is -0.362 e. The second-order valence-electron chi connectivity index (χ2n) is 5.37. The molecule has 0 radical (unpaired) electrons. The summed E-state index contributed by atoms with van der Waals surface area (Å²) in [6, 6.07) is 14.6. The van der Waals surface area contributed by atoms with Gasteiger partial charge in [0.1, 0.15) is 0 Å². The number of nitrogens with two attached hydrogens (primary N) is 1. The summed E-state index contributed by atoms with van der Waals surface area (Å²) in [5.74, 6) is 0. The summed E-state index contributed by atoms with van der Waals surface area (Å²) < 4.78 is 22.4. The predicted molar refractivity (Wildman–Crippen MR) is 102 cm³/mol. The van der Waals surface area contributed by atoms with Crippen LogP contribution in [0.25, 0.3) is 0 Å². The van der Waals surface area contributed by atoms with Crippen molar-refractivity contribution in [2.45, 2.75) is 24.7 Å². The van der Waals surface area contributed by atoms with Gasteiger partial charge in [0.05, 0.1) is 4.90 Å². The largest absolute Gasteiger partial charge is 0.362 e. The van der Waals surface area contributed by atoms with Gasteiger partial charge in [0.25, 0.3) is 0 Å². The van der Waals surface area contributed by atoms with Crippen LogP contribution in [0.4, 0.5) is 5.69 Å². The van der Waals surface area contributed by atoms with Crippen molar-refractivity contribution >= 4 is 33.0 Å². The fourth-order valence-electron chi connectivity index (χ4n) is 2.21. The summed E-state index contributed by atoms with van der Waals surface area (Å²) in [4.78, 5) is 0.118. The molecule has 0 aromatic heterocycles. The number of thiocarbonyl (C=S) groups is 1. The molecule has 0 saturated heterocycles. The molecule has 5 nitrogen and oxygen atoms in total. The SMILES string of the molecule is CCc1cccc(NC(=S)NCCc2ccc(S(N)(=O)=O)cc2)c1. The van der Waals surface area contributed by atoms with Gasteiger partial charge in [-0.25, -0.2) is 13.6 Å². The molecule has 0 saturated carbocycles. The Labute approximate surface area is 148 Å². The molecule has 4 N–H and O–H groups in total. The van der Waals surface area contributed by atoms with Crippen LogP contribution < -0.4 is 15.8 Å². The molecule has 2 aromatic carbocycles. The molecular formula is C17H21N3O2S2. The number of hydrogen-bond donors (Lipinski definition) is 3. The molecule has 0 spiro atoms. The van der Waals surface area contributed by atoms with Crippen molar-refractivity contribution in [2.75, 3.05) is 11.9 Å². The van der Waals surface area contributed by atoms with E-state index >= 15 is 0 Å². The topological polar surface area (TPSA) is 84.2 Å². The third-order valence-electron chi connectivity index (χ3n) is 3.54. The number of hydrogen-bond acceptors (Lipinski definition) is 3. The van der Waals surface area contributed by atoms with E-state index in [0.29, 0.717) is 11.7 Å². The monoisotopic (exact) mass is 363 g/mol. The van der Waals surface area contributed by atoms with E-state index in [1.165, 1.54) is 17.7 Å². The van der Waals surface area contributed by atoms with Crippen LogP contribution >= 0.6 is 12.2 Å². The first-order chi connectivity index (χ1) is 11.4. The summed E-state index contributed by atoms with van der Waals surface area (Å²) >= 11 is 5.28. The van der Waals surface area contributed by atoms with Gasteiger partial charge in [0.2, 0.25) is 10.0 Å². The molecule has 0 bridgehead atoms. The number of nitrogens with one attached hydrogen (secondary N) is 2. The highest BCUT2D eigenvalue weighted by Crippen LogP contribution is 2.11. The van der Waals surface area contributed by atoms with E-state index in [4.69, 9.17) is 17.4 Å². The van der Waals surface area contributed by atoms with Gasteiger partial charge in [-0.15, -0.1) is 0 Å². The third-order valence-corrected chi connectivity index (χ3v) is 4.72. The standard InChI is InChI=1S/C17H21N3O2S2/c1-2-13-4-3-5-15(12-13)20-17(23)19-11-10-14-6-8-16(9-7-14)24(18,21)22/h3-9,12H,2,10-11H2,1H3,(H2,18,21,22)(H2,19,20,23). The minimum absolute atomic E-state index is 0.118. The lowest BCUT2D eigenvalue weighted by atomic mass is 10.1. The maximum atomic E-state index is 11.2. The smallest absolute Gasteiger partial charge is 0.238 e. The zero-order chi connectivity index (χ0) is 17.6. The number of anilines is 1. The lowest BCUT2D eigenvalue weighted by molar-refractivity contribution is 0.598. The first kappa shape index (κ1) is 18.4. The van der Waals surface area contributed by atoms with Gasteiger partial charge in [-0.05, 0) is 60.5 Å². The molecule has 2 aromatic rings. The molecule has 0 aliphatic rings. The van der Waals surface area contributed by atoms with Crippen molar-refractivity contribution in [2.24, 2.45) is 5.14 Å². The molecule has 0 atom stereocenters. The number of benzene rings is 2. The van der Waals surface area contributed by atoms with E-state index in [9.17, 15) is 8.42 Å². The Morgan fingerprint density at radius 1 is 1.12 bits per heavy atom. The van der Waals surface area contributed by atoms with Crippen LogP contribution in [0, 0.1) is 0 Å². The number of sulfonamides is 1. The van der Waals surface area contributed by atoms with Crippen molar-refractivity contribution in [1.29, 1.82) is 0 Å². The molecular weight excluding hydrogens is 342 g/mol. The molecule has 24 heavy (non-hydrogen) atoms. The summed E-state index contributed by atoms with van der Waals surface area (Å²) in [6.45, 7) is 2.75. The summed E-state index contributed by atoms with van der Waals surface area (Å²) in [7, 11) is -3.64. The first-order valence-electron chi connectivity index (χ1n) is 7.64.